The first-order chi connectivity index (χ1) is 14.2. The van der Waals surface area contributed by atoms with Gasteiger partial charge in [-0.25, -0.2) is 0 Å². The highest BCUT2D eigenvalue weighted by Gasteiger charge is 2.30. The molecule has 29 heavy (non-hydrogen) atoms. The minimum Gasteiger partial charge on any atom is -0.333 e. The van der Waals surface area contributed by atoms with E-state index in [0.29, 0.717) is 24.9 Å². The monoisotopic (exact) mass is 489 g/mol. The predicted molar refractivity (Wildman–Crippen MR) is 120 cm³/mol. The van der Waals surface area contributed by atoms with E-state index in [2.05, 4.69) is 42.3 Å². The number of hydrogen-bond acceptors (Lipinski definition) is 6. The summed E-state index contributed by atoms with van der Waals surface area (Å²) in [6.45, 7) is 4.90. The van der Waals surface area contributed by atoms with Crippen LogP contribution in [0.3, 0.4) is 0 Å². The lowest BCUT2D eigenvalue weighted by Crippen LogP contribution is -2.31. The van der Waals surface area contributed by atoms with Crippen LogP contribution in [-0.4, -0.2) is 42.9 Å². The third kappa shape index (κ3) is 4.96. The number of thiophene rings is 1. The smallest absolute Gasteiger partial charge is 0.233 e. The minimum absolute atomic E-state index is 0.0650. The van der Waals surface area contributed by atoms with Gasteiger partial charge in [0.2, 0.25) is 5.91 Å². The molecule has 0 bridgehead atoms. The van der Waals surface area contributed by atoms with Gasteiger partial charge in [0.15, 0.2) is 11.0 Å². The van der Waals surface area contributed by atoms with Gasteiger partial charge in [0, 0.05) is 35.4 Å². The fraction of sp³-hybridized carbons (Fsp3) is 0.300. The van der Waals surface area contributed by atoms with E-state index in [1.165, 1.54) is 11.8 Å². The summed E-state index contributed by atoms with van der Waals surface area (Å²) in [5.74, 6) is 1.23. The van der Waals surface area contributed by atoms with E-state index in [9.17, 15) is 4.79 Å². The number of pyridine rings is 1. The molecule has 1 aliphatic carbocycles. The Balaban J connectivity index is 1.47. The molecule has 1 saturated carbocycles. The highest BCUT2D eigenvalue weighted by molar-refractivity contribution is 9.11. The van der Waals surface area contributed by atoms with Crippen LogP contribution in [0.2, 0.25) is 0 Å². The van der Waals surface area contributed by atoms with Gasteiger partial charge in [-0.1, -0.05) is 17.8 Å². The Bertz CT molecular complexity index is 999. The normalized spacial score (nSPS) is 13.4. The Morgan fingerprint density at radius 3 is 2.76 bits per heavy atom. The van der Waals surface area contributed by atoms with Crippen molar-refractivity contribution in [3.8, 4) is 11.4 Å². The number of aromatic nitrogens is 4. The highest BCUT2D eigenvalue weighted by Crippen LogP contribution is 2.41. The van der Waals surface area contributed by atoms with E-state index in [1.807, 2.05) is 29.2 Å². The number of nitrogens with zero attached hydrogens (tertiary/aromatic N) is 5. The third-order valence-electron chi connectivity index (χ3n) is 4.52. The molecule has 0 saturated heterocycles. The van der Waals surface area contributed by atoms with E-state index >= 15 is 0 Å². The number of rotatable bonds is 9. The molecule has 3 heterocycles. The summed E-state index contributed by atoms with van der Waals surface area (Å²) in [6, 6.07) is 8.33. The Labute approximate surface area is 186 Å². The molecule has 3 aromatic rings. The molecule has 0 radical (unpaired) electrons. The van der Waals surface area contributed by atoms with Gasteiger partial charge in [-0.2, -0.15) is 0 Å². The molecule has 0 spiro atoms. The van der Waals surface area contributed by atoms with Crippen molar-refractivity contribution in [2.24, 2.45) is 0 Å². The first-order valence-electron chi connectivity index (χ1n) is 9.26. The molecule has 6 nitrogen and oxygen atoms in total. The maximum Gasteiger partial charge on any atom is 0.233 e. The molecule has 9 heteroatoms. The van der Waals surface area contributed by atoms with E-state index in [0.717, 1.165) is 38.0 Å². The van der Waals surface area contributed by atoms with Crippen LogP contribution >= 0.6 is 39.0 Å². The van der Waals surface area contributed by atoms with Crippen molar-refractivity contribution in [1.82, 2.24) is 24.6 Å². The quantitative estimate of drug-likeness (QED) is 0.318. The number of halogens is 1. The molecule has 4 rings (SSSR count). The van der Waals surface area contributed by atoms with E-state index in [4.69, 9.17) is 0 Å². The summed E-state index contributed by atoms with van der Waals surface area (Å²) in [5, 5.41) is 9.57. The van der Waals surface area contributed by atoms with Gasteiger partial charge in [-0.05, 0) is 53.0 Å². The van der Waals surface area contributed by atoms with Crippen molar-refractivity contribution >= 4 is 44.9 Å². The predicted octanol–water partition coefficient (Wildman–Crippen LogP) is 4.81. The number of hydrogen-bond donors (Lipinski definition) is 0. The molecule has 1 aliphatic rings. The van der Waals surface area contributed by atoms with Crippen LogP contribution in [0.25, 0.3) is 11.4 Å². The van der Waals surface area contributed by atoms with Gasteiger partial charge in [0.25, 0.3) is 0 Å². The summed E-state index contributed by atoms with van der Waals surface area (Å²) >= 11 is 6.57. The zero-order valence-electron chi connectivity index (χ0n) is 15.7. The van der Waals surface area contributed by atoms with Crippen LogP contribution in [0, 0.1) is 0 Å². The summed E-state index contributed by atoms with van der Waals surface area (Å²) in [6.07, 6.45) is 7.52. The van der Waals surface area contributed by atoms with Crippen LogP contribution in [0.5, 0.6) is 0 Å². The Hall–Kier alpha value is -1.97. The van der Waals surface area contributed by atoms with Crippen molar-refractivity contribution in [3.63, 3.8) is 0 Å². The molecular formula is C20H20BrN5OS2. The molecule has 1 amide bonds. The zero-order chi connectivity index (χ0) is 20.2. The van der Waals surface area contributed by atoms with E-state index in [1.54, 1.807) is 29.8 Å². The summed E-state index contributed by atoms with van der Waals surface area (Å²) in [4.78, 5) is 19.9. The van der Waals surface area contributed by atoms with Crippen LogP contribution in [0.4, 0.5) is 0 Å². The third-order valence-corrected chi connectivity index (χ3v) is 7.05. The second-order valence-electron chi connectivity index (χ2n) is 6.70. The summed E-state index contributed by atoms with van der Waals surface area (Å²) < 4.78 is 3.23. The van der Waals surface area contributed by atoms with Crippen LogP contribution < -0.4 is 0 Å². The van der Waals surface area contributed by atoms with Crippen molar-refractivity contribution in [3.05, 3.63) is 58.0 Å². The maximum absolute atomic E-state index is 12.9. The molecule has 0 unspecified atom stereocenters. The van der Waals surface area contributed by atoms with Crippen molar-refractivity contribution in [2.45, 2.75) is 30.6 Å². The average Bonchev–Trinajstić information content (AvgIpc) is 3.35. The lowest BCUT2D eigenvalue weighted by atomic mass is 10.2. The maximum atomic E-state index is 12.9. The molecule has 1 fully saturated rings. The fourth-order valence-corrected chi connectivity index (χ4v) is 5.40. The molecule has 0 N–H and O–H groups in total. The molecule has 150 valence electrons. The number of thioether (sulfide) groups is 1. The largest absolute Gasteiger partial charge is 0.333 e. The SMILES string of the molecule is C=CCN(Cc1ccc(Br)s1)C(=O)CSc1nnc(-c2ccncc2)n1C1CC1. The molecule has 3 aromatic heterocycles. The molecule has 0 aromatic carbocycles. The standard InChI is InChI=1S/C20H20BrN5OS2/c1-2-11-25(12-16-5-6-17(21)29-16)18(27)13-28-20-24-23-19(26(20)15-3-4-15)14-7-9-22-10-8-14/h2,5-10,15H,1,3-4,11-13H2. The summed E-state index contributed by atoms with van der Waals surface area (Å²) in [7, 11) is 0. The highest BCUT2D eigenvalue weighted by atomic mass is 79.9. The first kappa shape index (κ1) is 20.3. The van der Waals surface area contributed by atoms with E-state index < -0.39 is 0 Å². The van der Waals surface area contributed by atoms with Crippen molar-refractivity contribution in [2.75, 3.05) is 12.3 Å². The van der Waals surface area contributed by atoms with Gasteiger partial charge in [0.1, 0.15) is 0 Å². The van der Waals surface area contributed by atoms with Gasteiger partial charge in [-0.3, -0.25) is 14.3 Å². The second-order valence-corrected chi connectivity index (χ2v) is 10.2. The second kappa shape index (κ2) is 9.23. The molecule has 0 aliphatic heterocycles. The lowest BCUT2D eigenvalue weighted by molar-refractivity contribution is -0.128. The van der Waals surface area contributed by atoms with Gasteiger partial charge in [-0.15, -0.1) is 28.1 Å². The van der Waals surface area contributed by atoms with Gasteiger partial charge < -0.3 is 4.90 Å². The zero-order valence-corrected chi connectivity index (χ0v) is 18.9. The van der Waals surface area contributed by atoms with Crippen molar-refractivity contribution < 1.29 is 4.79 Å². The fourth-order valence-electron chi connectivity index (χ4n) is 2.99. The molecule has 0 atom stereocenters. The summed E-state index contributed by atoms with van der Waals surface area (Å²) in [5.41, 5.74) is 0.995. The number of carbonyl (C=O) groups is 1. The van der Waals surface area contributed by atoms with Crippen molar-refractivity contribution in [1.29, 1.82) is 0 Å². The first-order valence-corrected chi connectivity index (χ1v) is 11.9. The van der Waals surface area contributed by atoms with Crippen LogP contribution in [0.1, 0.15) is 23.8 Å². The molecular weight excluding hydrogens is 470 g/mol. The van der Waals surface area contributed by atoms with Crippen LogP contribution in [-0.2, 0) is 11.3 Å². The Kier molecular flexibility index (Phi) is 6.46. The van der Waals surface area contributed by atoms with E-state index in [-0.39, 0.29) is 5.91 Å². The Morgan fingerprint density at radius 2 is 2.10 bits per heavy atom. The Morgan fingerprint density at radius 1 is 1.31 bits per heavy atom. The van der Waals surface area contributed by atoms with Gasteiger partial charge >= 0.3 is 0 Å². The van der Waals surface area contributed by atoms with Gasteiger partial charge in [0.05, 0.1) is 16.1 Å². The topological polar surface area (TPSA) is 63.9 Å². The average molecular weight is 490 g/mol. The number of amides is 1. The number of carbonyl (C=O) groups excluding carboxylic acids is 1. The lowest BCUT2D eigenvalue weighted by Gasteiger charge is -2.20. The minimum atomic E-state index is 0.0650. The van der Waals surface area contributed by atoms with Crippen LogP contribution in [0.15, 0.2) is 58.3 Å².